The average Bonchev–Trinajstić information content (AvgIpc) is 3.04. The van der Waals surface area contributed by atoms with Gasteiger partial charge in [0.05, 0.1) is 7.11 Å². The van der Waals surface area contributed by atoms with Crippen LogP contribution >= 0.6 is 0 Å². The summed E-state index contributed by atoms with van der Waals surface area (Å²) in [5.74, 6) is 0.668. The number of carbonyl (C=O) groups is 1. The van der Waals surface area contributed by atoms with Crippen molar-refractivity contribution < 1.29 is 23.4 Å². The summed E-state index contributed by atoms with van der Waals surface area (Å²) in [6.45, 7) is 0.872. The van der Waals surface area contributed by atoms with Gasteiger partial charge < -0.3 is 18.6 Å². The molecule has 1 aromatic carbocycles. The monoisotopic (exact) mass is 303 g/mol. The second-order valence-corrected chi connectivity index (χ2v) is 4.30. The zero-order valence-corrected chi connectivity index (χ0v) is 11.7. The van der Waals surface area contributed by atoms with E-state index in [1.54, 1.807) is 24.3 Å². The van der Waals surface area contributed by atoms with Crippen molar-refractivity contribution >= 4 is 17.7 Å². The Labute approximate surface area is 125 Å². The average molecular weight is 303 g/mol. The minimum atomic E-state index is -0.385. The number of aromatic nitrogens is 2. The third-order valence-electron chi connectivity index (χ3n) is 2.84. The summed E-state index contributed by atoms with van der Waals surface area (Å²) < 4.78 is 20.8. The van der Waals surface area contributed by atoms with Gasteiger partial charge in [0.25, 0.3) is 11.8 Å². The van der Waals surface area contributed by atoms with E-state index >= 15 is 0 Å². The first-order chi connectivity index (χ1) is 10.8. The Morgan fingerprint density at radius 2 is 2.23 bits per heavy atom. The number of anilines is 1. The molecule has 0 radical (unpaired) electrons. The van der Waals surface area contributed by atoms with Crippen molar-refractivity contribution in [3.8, 4) is 5.75 Å². The van der Waals surface area contributed by atoms with Crippen molar-refractivity contribution in [3.05, 3.63) is 42.0 Å². The molecule has 114 valence electrons. The summed E-state index contributed by atoms with van der Waals surface area (Å²) in [4.78, 5) is 12.1. The molecule has 8 nitrogen and oxygen atoms in total. The Hall–Kier alpha value is -3.03. The predicted octanol–water partition coefficient (Wildman–Crippen LogP) is 1.68. The smallest absolute Gasteiger partial charge is 0.322 e. The van der Waals surface area contributed by atoms with Crippen LogP contribution in [0.5, 0.6) is 5.75 Å². The highest BCUT2D eigenvalue weighted by molar-refractivity contribution is 6.03. The first-order valence-electron chi connectivity index (χ1n) is 6.50. The lowest BCUT2D eigenvalue weighted by Gasteiger charge is -2.11. The molecule has 0 unspecified atom stereocenters. The maximum absolute atomic E-state index is 12.1. The lowest BCUT2D eigenvalue weighted by atomic mass is 10.2. The SMILES string of the molecule is COc1cccc(C(=O)Nc2nnc(C3=COCCO3)o2)c1. The fraction of sp³-hybridized carbons (Fsp3) is 0.214. The molecule has 22 heavy (non-hydrogen) atoms. The molecule has 0 spiro atoms. The van der Waals surface area contributed by atoms with Crippen molar-refractivity contribution in [1.29, 1.82) is 0 Å². The standard InChI is InChI=1S/C14H13N3O5/c1-19-10-4-2-3-9(7-10)12(18)15-14-17-16-13(22-14)11-8-20-5-6-21-11/h2-4,7-8H,5-6H2,1H3,(H,15,17,18). The van der Waals surface area contributed by atoms with Crippen LogP contribution in [0.1, 0.15) is 16.2 Å². The molecule has 3 rings (SSSR count). The van der Waals surface area contributed by atoms with Crippen molar-refractivity contribution in [1.82, 2.24) is 10.2 Å². The van der Waals surface area contributed by atoms with Crippen LogP contribution in [0.25, 0.3) is 5.76 Å². The third kappa shape index (κ3) is 3.00. The number of nitrogens with zero attached hydrogens (tertiary/aromatic N) is 2. The minimum absolute atomic E-state index is 0.0297. The minimum Gasteiger partial charge on any atom is -0.497 e. The number of methoxy groups -OCH3 is 1. The number of hydrogen-bond donors (Lipinski definition) is 1. The van der Waals surface area contributed by atoms with E-state index in [1.807, 2.05) is 0 Å². The maximum atomic E-state index is 12.1. The van der Waals surface area contributed by atoms with Crippen molar-refractivity contribution in [2.45, 2.75) is 0 Å². The van der Waals surface area contributed by atoms with E-state index in [4.69, 9.17) is 18.6 Å². The molecule has 1 N–H and O–H groups in total. The van der Waals surface area contributed by atoms with Gasteiger partial charge in [-0.1, -0.05) is 11.2 Å². The second kappa shape index (κ2) is 6.17. The number of nitrogens with one attached hydrogen (secondary N) is 1. The zero-order chi connectivity index (χ0) is 15.4. The molecule has 0 aliphatic carbocycles. The fourth-order valence-electron chi connectivity index (χ4n) is 1.79. The van der Waals surface area contributed by atoms with Crippen LogP contribution in [0.15, 0.2) is 34.9 Å². The van der Waals surface area contributed by atoms with Gasteiger partial charge in [-0.3, -0.25) is 10.1 Å². The number of carbonyl (C=O) groups excluding carboxylic acids is 1. The summed E-state index contributed by atoms with van der Waals surface area (Å²) in [6, 6.07) is 6.68. The van der Waals surface area contributed by atoms with Gasteiger partial charge >= 0.3 is 6.01 Å². The molecular formula is C14H13N3O5. The van der Waals surface area contributed by atoms with Crippen molar-refractivity contribution in [2.24, 2.45) is 0 Å². The highest BCUT2D eigenvalue weighted by Crippen LogP contribution is 2.20. The first kappa shape index (κ1) is 13.9. The summed E-state index contributed by atoms with van der Waals surface area (Å²) in [5.41, 5.74) is 0.413. The van der Waals surface area contributed by atoms with Crippen LogP contribution in [0, 0.1) is 0 Å². The second-order valence-electron chi connectivity index (χ2n) is 4.30. The Balaban J connectivity index is 1.71. The van der Waals surface area contributed by atoms with Gasteiger partial charge in [-0.05, 0) is 18.2 Å². The Bertz CT molecular complexity index is 710. The molecule has 1 aliphatic rings. The van der Waals surface area contributed by atoms with E-state index < -0.39 is 0 Å². The lowest BCUT2D eigenvalue weighted by molar-refractivity contribution is 0.102. The quantitative estimate of drug-likeness (QED) is 0.917. The molecule has 8 heteroatoms. The topological polar surface area (TPSA) is 95.7 Å². The third-order valence-corrected chi connectivity index (χ3v) is 2.84. The van der Waals surface area contributed by atoms with Crippen LogP contribution in [-0.4, -0.2) is 36.4 Å². The molecule has 0 bridgehead atoms. The van der Waals surface area contributed by atoms with E-state index in [2.05, 4.69) is 15.5 Å². The van der Waals surface area contributed by atoms with E-state index in [-0.39, 0.29) is 17.8 Å². The highest BCUT2D eigenvalue weighted by atomic mass is 16.6. The van der Waals surface area contributed by atoms with Crippen LogP contribution in [0.3, 0.4) is 0 Å². The van der Waals surface area contributed by atoms with Crippen molar-refractivity contribution in [3.63, 3.8) is 0 Å². The van der Waals surface area contributed by atoms with Crippen molar-refractivity contribution in [2.75, 3.05) is 25.6 Å². The molecule has 1 aliphatic heterocycles. The van der Waals surface area contributed by atoms with Gasteiger partial charge in [0, 0.05) is 5.56 Å². The predicted molar refractivity (Wildman–Crippen MR) is 75.1 cm³/mol. The normalized spacial score (nSPS) is 13.6. The fourth-order valence-corrected chi connectivity index (χ4v) is 1.79. The van der Waals surface area contributed by atoms with Gasteiger partial charge in [-0.2, -0.15) is 0 Å². The van der Waals surface area contributed by atoms with E-state index in [1.165, 1.54) is 13.4 Å². The van der Waals surface area contributed by atoms with Gasteiger partial charge in [-0.15, -0.1) is 5.10 Å². The number of rotatable bonds is 4. The number of amides is 1. The van der Waals surface area contributed by atoms with E-state index in [0.29, 0.717) is 30.3 Å². The van der Waals surface area contributed by atoms with Gasteiger partial charge in [0.2, 0.25) is 5.76 Å². The molecule has 1 aromatic heterocycles. The molecule has 2 aromatic rings. The van der Waals surface area contributed by atoms with Crippen LogP contribution in [0.2, 0.25) is 0 Å². The Morgan fingerprint density at radius 1 is 1.32 bits per heavy atom. The highest BCUT2D eigenvalue weighted by Gasteiger charge is 2.17. The summed E-state index contributed by atoms with van der Waals surface area (Å²) in [6.07, 6.45) is 1.39. The molecular weight excluding hydrogens is 290 g/mol. The Morgan fingerprint density at radius 3 is 3.00 bits per heavy atom. The van der Waals surface area contributed by atoms with E-state index in [9.17, 15) is 4.79 Å². The van der Waals surface area contributed by atoms with E-state index in [0.717, 1.165) is 0 Å². The number of benzene rings is 1. The number of hydrogen-bond acceptors (Lipinski definition) is 7. The molecule has 0 saturated carbocycles. The zero-order valence-electron chi connectivity index (χ0n) is 11.7. The molecule has 0 fully saturated rings. The lowest BCUT2D eigenvalue weighted by Crippen LogP contribution is -2.12. The van der Waals surface area contributed by atoms with Crippen LogP contribution in [-0.2, 0) is 9.47 Å². The molecule has 0 atom stereocenters. The largest absolute Gasteiger partial charge is 0.497 e. The summed E-state index contributed by atoms with van der Waals surface area (Å²) in [7, 11) is 1.53. The summed E-state index contributed by atoms with van der Waals surface area (Å²) in [5, 5.41) is 10.0. The first-order valence-corrected chi connectivity index (χ1v) is 6.50. The van der Waals surface area contributed by atoms with Crippen LogP contribution in [0.4, 0.5) is 6.01 Å². The molecule has 1 amide bonds. The van der Waals surface area contributed by atoms with Gasteiger partial charge in [0.1, 0.15) is 25.2 Å². The Kier molecular flexibility index (Phi) is 3.90. The maximum Gasteiger partial charge on any atom is 0.322 e. The summed E-state index contributed by atoms with van der Waals surface area (Å²) >= 11 is 0. The number of ether oxygens (including phenoxy) is 3. The van der Waals surface area contributed by atoms with Crippen LogP contribution < -0.4 is 10.1 Å². The molecule has 2 heterocycles. The van der Waals surface area contributed by atoms with Gasteiger partial charge in [-0.25, -0.2) is 0 Å². The molecule has 0 saturated heterocycles. The van der Waals surface area contributed by atoms with Gasteiger partial charge in [0.15, 0.2) is 0 Å².